The zero-order valence-corrected chi connectivity index (χ0v) is 35.1. The quantitative estimate of drug-likeness (QED) is 0.0385. The van der Waals surface area contributed by atoms with Crippen LogP contribution >= 0.6 is 0 Å². The highest BCUT2D eigenvalue weighted by Crippen LogP contribution is 2.14. The van der Waals surface area contributed by atoms with Crippen molar-refractivity contribution in [3.63, 3.8) is 0 Å². The maximum absolute atomic E-state index is 11.0. The van der Waals surface area contributed by atoms with E-state index in [2.05, 4.69) is 27.7 Å². The van der Waals surface area contributed by atoms with Gasteiger partial charge in [-0.15, -0.1) is 0 Å². The zero-order valence-electron chi connectivity index (χ0n) is 33.5. The van der Waals surface area contributed by atoms with Gasteiger partial charge in [-0.05, 0) is 37.5 Å². The molecule has 0 aromatic heterocycles. The Bertz CT molecular complexity index is 1010. The third kappa shape index (κ3) is 33.5. The Morgan fingerprint density at radius 3 is 1.07 bits per heavy atom. The molecule has 6 unspecified atom stereocenters. The molecule has 0 aliphatic heterocycles. The molecule has 0 aromatic carbocycles. The van der Waals surface area contributed by atoms with Gasteiger partial charge in [-0.25, -0.2) is 0 Å². The van der Waals surface area contributed by atoms with Gasteiger partial charge in [-0.1, -0.05) is 66.2 Å². The second kappa shape index (κ2) is 32.4. The molecule has 0 saturated heterocycles. The molecule has 326 valence electrons. The first-order valence-electron chi connectivity index (χ1n) is 19.9. The van der Waals surface area contributed by atoms with Crippen LogP contribution in [0.25, 0.3) is 0 Å². The van der Waals surface area contributed by atoms with Crippen molar-refractivity contribution >= 4 is 20.2 Å². The summed E-state index contributed by atoms with van der Waals surface area (Å²) in [6.07, 6.45) is 4.95. The average molecular weight is 825 g/mol. The summed E-state index contributed by atoms with van der Waals surface area (Å²) < 4.78 is 84.3. The summed E-state index contributed by atoms with van der Waals surface area (Å²) in [7, 11) is -8.25. The molecule has 0 spiro atoms. The molecule has 0 aromatic rings. The van der Waals surface area contributed by atoms with Crippen LogP contribution in [0.2, 0.25) is 0 Å². The maximum atomic E-state index is 11.0. The van der Waals surface area contributed by atoms with Crippen molar-refractivity contribution < 1.29 is 65.3 Å². The molecule has 0 aliphatic carbocycles. The molecule has 6 N–H and O–H groups in total. The predicted molar refractivity (Wildman–Crippen MR) is 209 cm³/mol. The fourth-order valence-corrected chi connectivity index (χ4v) is 6.83. The fourth-order valence-electron chi connectivity index (χ4n) is 5.86. The third-order valence-electron chi connectivity index (χ3n) is 9.02. The van der Waals surface area contributed by atoms with Crippen molar-refractivity contribution in [2.75, 3.05) is 104 Å². The van der Waals surface area contributed by atoms with Crippen molar-refractivity contribution in [2.45, 2.75) is 116 Å². The Balaban J connectivity index is 5.58. The zero-order chi connectivity index (χ0) is 40.8. The lowest BCUT2D eigenvalue weighted by atomic mass is 10.0. The van der Waals surface area contributed by atoms with Gasteiger partial charge >= 0.3 is 0 Å². The summed E-state index contributed by atoms with van der Waals surface area (Å²) in [5.74, 6) is -0.0981. The molecule has 0 heterocycles. The largest absolute Gasteiger partial charge is 0.389 e. The minimum Gasteiger partial charge on any atom is -0.389 e. The predicted octanol–water partition coefficient (Wildman–Crippen LogP) is 2.09. The molecule has 0 fully saturated rings. The number of hydrogen-bond donors (Lipinski definition) is 6. The van der Waals surface area contributed by atoms with Crippen LogP contribution in [0.15, 0.2) is 0 Å². The normalized spacial score (nSPS) is 16.1. The smallest absolute Gasteiger partial charge is 0.264 e. The van der Waals surface area contributed by atoms with E-state index in [-0.39, 0.29) is 78.7 Å². The standard InChI is InChI=1S/C36H76N2O14S2/c1-5-9-13-31(7-3)25-51-29-35(41)23-38(24-36(42)30-52-26-32(8-4)14-10-6-2)16-15-37(21-33(39)27-49-17-11-19-53(43,44)45)22-34(40)28-50-18-12-20-54(46,47)48/h31-36,39-42H,5-30H2,1-4H3,(H,43,44,45)(H,46,47,48). The first-order chi connectivity index (χ1) is 25.5. The summed E-state index contributed by atoms with van der Waals surface area (Å²) in [5, 5.41) is 43.5. The molecule has 0 bridgehead atoms. The van der Waals surface area contributed by atoms with E-state index in [1.807, 2.05) is 4.90 Å². The highest BCUT2D eigenvalue weighted by atomic mass is 32.2. The van der Waals surface area contributed by atoms with Crippen molar-refractivity contribution in [1.82, 2.24) is 9.80 Å². The molecule has 54 heavy (non-hydrogen) atoms. The lowest BCUT2D eigenvalue weighted by molar-refractivity contribution is -0.0289. The van der Waals surface area contributed by atoms with Gasteiger partial charge in [0.2, 0.25) is 0 Å². The summed E-state index contributed by atoms with van der Waals surface area (Å²) in [6.45, 7) is 10.8. The number of ether oxygens (including phenoxy) is 4. The average Bonchev–Trinajstić information content (AvgIpc) is 3.08. The topological polar surface area (TPSA) is 233 Å². The van der Waals surface area contributed by atoms with Crippen LogP contribution in [0.4, 0.5) is 0 Å². The van der Waals surface area contributed by atoms with Gasteiger partial charge in [0, 0.05) is 65.7 Å². The number of hydrogen-bond acceptors (Lipinski definition) is 14. The summed E-state index contributed by atoms with van der Waals surface area (Å²) in [6, 6.07) is 0. The molecule has 6 atom stereocenters. The minimum atomic E-state index is -4.13. The monoisotopic (exact) mass is 824 g/mol. The van der Waals surface area contributed by atoms with Crippen molar-refractivity contribution in [2.24, 2.45) is 11.8 Å². The third-order valence-corrected chi connectivity index (χ3v) is 10.6. The maximum Gasteiger partial charge on any atom is 0.264 e. The van der Waals surface area contributed by atoms with E-state index >= 15 is 0 Å². The number of rotatable bonds is 39. The summed E-state index contributed by atoms with van der Waals surface area (Å²) in [5.41, 5.74) is 0. The molecule has 0 rings (SSSR count). The Morgan fingerprint density at radius 1 is 0.481 bits per heavy atom. The Morgan fingerprint density at radius 2 is 0.796 bits per heavy atom. The number of aliphatic hydroxyl groups excluding tert-OH is 4. The summed E-state index contributed by atoms with van der Waals surface area (Å²) in [4.78, 5) is 3.67. The second-order valence-electron chi connectivity index (χ2n) is 14.5. The first kappa shape index (κ1) is 53.4. The van der Waals surface area contributed by atoms with E-state index in [0.29, 0.717) is 38.1 Å². The Hall–Kier alpha value is -0.580. The highest BCUT2D eigenvalue weighted by Gasteiger charge is 2.22. The van der Waals surface area contributed by atoms with Crippen LogP contribution < -0.4 is 0 Å². The molecule has 0 saturated carbocycles. The van der Waals surface area contributed by atoms with Crippen LogP contribution in [0, 0.1) is 11.8 Å². The van der Waals surface area contributed by atoms with Gasteiger partial charge in [0.15, 0.2) is 0 Å². The molecule has 0 amide bonds. The van der Waals surface area contributed by atoms with Gasteiger partial charge in [0.1, 0.15) is 0 Å². The summed E-state index contributed by atoms with van der Waals surface area (Å²) >= 11 is 0. The van der Waals surface area contributed by atoms with E-state index in [9.17, 15) is 37.3 Å². The van der Waals surface area contributed by atoms with Gasteiger partial charge < -0.3 is 39.4 Å². The van der Waals surface area contributed by atoms with Crippen LogP contribution in [-0.2, 0) is 39.2 Å². The molecule has 18 heteroatoms. The van der Waals surface area contributed by atoms with E-state index < -0.39 is 56.2 Å². The lowest BCUT2D eigenvalue weighted by Gasteiger charge is -2.32. The van der Waals surface area contributed by atoms with Gasteiger partial charge in [0.25, 0.3) is 20.2 Å². The SMILES string of the molecule is CCCCC(CC)COCC(O)CN(CCN(CC(O)COCCCS(=O)(=O)O)CC(O)COCCCS(=O)(=O)O)CC(O)COCC(CC)CCCC. The fraction of sp³-hybridized carbons (Fsp3) is 1.00. The van der Waals surface area contributed by atoms with E-state index in [1.165, 1.54) is 0 Å². The molecular weight excluding hydrogens is 749 g/mol. The van der Waals surface area contributed by atoms with Crippen LogP contribution in [0.1, 0.15) is 91.9 Å². The Kier molecular flexibility index (Phi) is 32.0. The second-order valence-corrected chi connectivity index (χ2v) is 17.6. The van der Waals surface area contributed by atoms with Crippen molar-refractivity contribution in [3.05, 3.63) is 0 Å². The van der Waals surface area contributed by atoms with Gasteiger partial charge in [-0.3, -0.25) is 18.9 Å². The van der Waals surface area contributed by atoms with Crippen LogP contribution in [0.3, 0.4) is 0 Å². The van der Waals surface area contributed by atoms with Gasteiger partial charge in [-0.2, -0.15) is 16.8 Å². The number of nitrogens with zero attached hydrogens (tertiary/aromatic N) is 2. The Labute approximate surface area is 326 Å². The van der Waals surface area contributed by atoms with Gasteiger partial charge in [0.05, 0.1) is 62.3 Å². The van der Waals surface area contributed by atoms with Crippen LogP contribution in [-0.4, -0.2) is 184 Å². The number of unbranched alkanes of at least 4 members (excludes halogenated alkanes) is 2. The van der Waals surface area contributed by atoms with E-state index in [0.717, 1.165) is 51.4 Å². The first-order valence-corrected chi connectivity index (χ1v) is 23.1. The molecule has 16 nitrogen and oxygen atoms in total. The van der Waals surface area contributed by atoms with Crippen LogP contribution in [0.5, 0.6) is 0 Å². The minimum absolute atomic E-state index is 0.000213. The lowest BCUT2D eigenvalue weighted by Crippen LogP contribution is -2.47. The number of aliphatic hydroxyl groups is 4. The van der Waals surface area contributed by atoms with E-state index in [4.69, 9.17) is 28.1 Å². The van der Waals surface area contributed by atoms with Crippen molar-refractivity contribution in [1.29, 1.82) is 0 Å². The molecule has 0 radical (unpaired) electrons. The molecule has 0 aliphatic rings. The van der Waals surface area contributed by atoms with E-state index in [1.54, 1.807) is 4.90 Å². The van der Waals surface area contributed by atoms with Crippen molar-refractivity contribution in [3.8, 4) is 0 Å². The molecular formula is C36H76N2O14S2. The highest BCUT2D eigenvalue weighted by molar-refractivity contribution is 7.86.